The molecule has 0 N–H and O–H groups in total. The number of aryl methyl sites for hydroxylation is 1. The van der Waals surface area contributed by atoms with Gasteiger partial charge in [-0.3, -0.25) is 4.31 Å². The summed E-state index contributed by atoms with van der Waals surface area (Å²) < 4.78 is 27.7. The van der Waals surface area contributed by atoms with Gasteiger partial charge in [-0.1, -0.05) is 30.3 Å². The quantitative estimate of drug-likeness (QED) is 0.856. The van der Waals surface area contributed by atoms with Gasteiger partial charge >= 0.3 is 0 Å². The molecule has 2 aromatic carbocycles. The fraction of sp³-hybridized carbons (Fsp3) is 0.235. The molecule has 1 atom stereocenters. The second-order valence-corrected chi connectivity index (χ2v) is 7.21. The first-order valence-electron chi connectivity index (χ1n) is 7.17. The Morgan fingerprint density at radius 1 is 1.14 bits per heavy atom. The highest BCUT2D eigenvalue weighted by atomic mass is 32.2. The van der Waals surface area contributed by atoms with E-state index < -0.39 is 10.0 Å². The number of hydrogen-bond acceptors (Lipinski definition) is 3. The van der Waals surface area contributed by atoms with Crippen LogP contribution in [0.15, 0.2) is 53.4 Å². The zero-order valence-electron chi connectivity index (χ0n) is 12.2. The predicted molar refractivity (Wildman–Crippen MR) is 85.0 cm³/mol. The second-order valence-electron chi connectivity index (χ2n) is 5.43. The van der Waals surface area contributed by atoms with Gasteiger partial charge in [0.05, 0.1) is 11.3 Å². The molecule has 0 amide bonds. The number of benzene rings is 2. The molecule has 1 heterocycles. The number of hydrogen-bond donors (Lipinski definition) is 0. The second kappa shape index (κ2) is 5.47. The first-order chi connectivity index (χ1) is 10.6. The van der Waals surface area contributed by atoms with E-state index in [1.807, 2.05) is 37.3 Å². The summed E-state index contributed by atoms with van der Waals surface area (Å²) in [6.07, 6.45) is 1.63. The Kier molecular flexibility index (Phi) is 3.63. The molecule has 0 radical (unpaired) electrons. The van der Waals surface area contributed by atoms with Crippen molar-refractivity contribution in [2.75, 3.05) is 4.31 Å². The maximum absolute atomic E-state index is 13.1. The molecule has 3 rings (SSSR count). The number of anilines is 1. The van der Waals surface area contributed by atoms with Gasteiger partial charge in [0.2, 0.25) is 0 Å². The molecule has 0 fully saturated rings. The zero-order chi connectivity index (χ0) is 15.7. The lowest BCUT2D eigenvalue weighted by Crippen LogP contribution is -2.42. The smallest absolute Gasteiger partial charge is 0.263 e. The van der Waals surface area contributed by atoms with Crippen LogP contribution in [-0.2, 0) is 16.4 Å². The molecule has 1 unspecified atom stereocenters. The number of fused-ring (bicyclic) bond motifs is 1. The van der Waals surface area contributed by atoms with Gasteiger partial charge in [0.1, 0.15) is 11.0 Å². The highest BCUT2D eigenvalue weighted by molar-refractivity contribution is 7.93. The largest absolute Gasteiger partial charge is 0.265 e. The molecule has 0 aliphatic carbocycles. The number of rotatable bonds is 2. The van der Waals surface area contributed by atoms with Crippen LogP contribution in [0.4, 0.5) is 5.69 Å². The van der Waals surface area contributed by atoms with Crippen molar-refractivity contribution in [1.29, 1.82) is 5.26 Å². The molecule has 0 aromatic heterocycles. The highest BCUT2D eigenvalue weighted by Gasteiger charge is 2.34. The fourth-order valence-electron chi connectivity index (χ4n) is 2.91. The standard InChI is InChI=1S/C17H16N2O2S/c1-13-10-11-14-6-2-4-8-16(14)19(13)22(20,21)17-9-5-3-7-15(17)12-18/h2-9,13H,10-11H2,1H3. The van der Waals surface area contributed by atoms with Crippen LogP contribution in [0, 0.1) is 11.3 Å². The molecular weight excluding hydrogens is 296 g/mol. The lowest BCUT2D eigenvalue weighted by Gasteiger charge is -2.36. The summed E-state index contributed by atoms with van der Waals surface area (Å²) in [4.78, 5) is 0.0704. The number of sulfonamides is 1. The Morgan fingerprint density at radius 2 is 1.82 bits per heavy atom. The van der Waals surface area contributed by atoms with E-state index in [2.05, 4.69) is 0 Å². The fourth-order valence-corrected chi connectivity index (χ4v) is 4.78. The van der Waals surface area contributed by atoms with Gasteiger partial charge in [0.25, 0.3) is 10.0 Å². The normalized spacial score (nSPS) is 17.6. The van der Waals surface area contributed by atoms with Crippen molar-refractivity contribution in [3.05, 3.63) is 59.7 Å². The molecule has 4 nitrogen and oxygen atoms in total. The van der Waals surface area contributed by atoms with Crippen LogP contribution in [0.3, 0.4) is 0 Å². The Labute approximate surface area is 130 Å². The highest BCUT2D eigenvalue weighted by Crippen LogP contribution is 2.35. The van der Waals surface area contributed by atoms with E-state index in [0.717, 1.165) is 18.4 Å². The molecule has 0 saturated heterocycles. The van der Waals surface area contributed by atoms with E-state index >= 15 is 0 Å². The summed E-state index contributed by atoms with van der Waals surface area (Å²) in [6.45, 7) is 1.91. The van der Waals surface area contributed by atoms with Gasteiger partial charge in [-0.2, -0.15) is 5.26 Å². The molecule has 5 heteroatoms. The van der Waals surface area contributed by atoms with Gasteiger partial charge in [0, 0.05) is 6.04 Å². The minimum absolute atomic E-state index is 0.0704. The van der Waals surface area contributed by atoms with Crippen molar-refractivity contribution in [2.24, 2.45) is 0 Å². The topological polar surface area (TPSA) is 61.2 Å². The van der Waals surface area contributed by atoms with E-state index in [-0.39, 0.29) is 16.5 Å². The molecule has 0 bridgehead atoms. The van der Waals surface area contributed by atoms with Gasteiger partial charge in [-0.15, -0.1) is 0 Å². The number of nitrogens with zero attached hydrogens (tertiary/aromatic N) is 2. The molecule has 22 heavy (non-hydrogen) atoms. The summed E-state index contributed by atoms with van der Waals surface area (Å²) in [6, 6.07) is 15.7. The Morgan fingerprint density at radius 3 is 2.59 bits per heavy atom. The van der Waals surface area contributed by atoms with Crippen molar-refractivity contribution in [2.45, 2.75) is 30.7 Å². The van der Waals surface area contributed by atoms with Crippen LogP contribution in [0.5, 0.6) is 0 Å². The SMILES string of the molecule is CC1CCc2ccccc2N1S(=O)(=O)c1ccccc1C#N. The van der Waals surface area contributed by atoms with E-state index in [1.54, 1.807) is 12.1 Å². The van der Waals surface area contributed by atoms with Gasteiger partial charge in [-0.25, -0.2) is 8.42 Å². The first kappa shape index (κ1) is 14.6. The molecule has 0 spiro atoms. The monoisotopic (exact) mass is 312 g/mol. The summed E-state index contributed by atoms with van der Waals surface area (Å²) in [5.41, 5.74) is 1.92. The molecule has 1 aliphatic heterocycles. The number of nitriles is 1. The van der Waals surface area contributed by atoms with Crippen LogP contribution in [0.2, 0.25) is 0 Å². The summed E-state index contributed by atoms with van der Waals surface area (Å²) in [5, 5.41) is 9.21. The average Bonchev–Trinajstić information content (AvgIpc) is 2.54. The summed E-state index contributed by atoms with van der Waals surface area (Å²) in [7, 11) is -3.76. The zero-order valence-corrected chi connectivity index (χ0v) is 13.0. The van der Waals surface area contributed by atoms with Crippen LogP contribution in [-0.4, -0.2) is 14.5 Å². The van der Waals surface area contributed by atoms with E-state index in [1.165, 1.54) is 16.4 Å². The van der Waals surface area contributed by atoms with Crippen LogP contribution >= 0.6 is 0 Å². The predicted octanol–water partition coefficient (Wildman–Crippen LogP) is 3.09. The van der Waals surface area contributed by atoms with Gasteiger partial charge < -0.3 is 0 Å². The minimum Gasteiger partial charge on any atom is -0.263 e. The van der Waals surface area contributed by atoms with E-state index in [9.17, 15) is 13.7 Å². The minimum atomic E-state index is -3.76. The van der Waals surface area contributed by atoms with Crippen molar-refractivity contribution in [3.8, 4) is 6.07 Å². The molecule has 112 valence electrons. The Balaban J connectivity index is 2.20. The maximum atomic E-state index is 13.1. The van der Waals surface area contributed by atoms with Crippen molar-refractivity contribution in [1.82, 2.24) is 0 Å². The summed E-state index contributed by atoms with van der Waals surface area (Å²) in [5.74, 6) is 0. The van der Waals surface area contributed by atoms with E-state index in [0.29, 0.717) is 5.69 Å². The molecule has 1 aliphatic rings. The molecule has 2 aromatic rings. The molecule has 0 saturated carbocycles. The van der Waals surface area contributed by atoms with Gasteiger partial charge in [-0.05, 0) is 43.5 Å². The lowest BCUT2D eigenvalue weighted by molar-refractivity contribution is 0.563. The van der Waals surface area contributed by atoms with Gasteiger partial charge in [0.15, 0.2) is 0 Å². The Hall–Kier alpha value is -2.32. The van der Waals surface area contributed by atoms with Crippen molar-refractivity contribution < 1.29 is 8.42 Å². The molecular formula is C17H16N2O2S. The third kappa shape index (κ3) is 2.26. The Bertz CT molecular complexity index is 853. The van der Waals surface area contributed by atoms with Crippen LogP contribution < -0.4 is 4.31 Å². The third-order valence-electron chi connectivity index (χ3n) is 4.01. The average molecular weight is 312 g/mol. The van der Waals surface area contributed by atoms with Crippen LogP contribution in [0.1, 0.15) is 24.5 Å². The van der Waals surface area contributed by atoms with Crippen molar-refractivity contribution in [3.63, 3.8) is 0 Å². The summed E-state index contributed by atoms with van der Waals surface area (Å²) >= 11 is 0. The maximum Gasteiger partial charge on any atom is 0.265 e. The van der Waals surface area contributed by atoms with E-state index in [4.69, 9.17) is 0 Å². The number of para-hydroxylation sites is 1. The first-order valence-corrected chi connectivity index (χ1v) is 8.61. The third-order valence-corrected chi connectivity index (χ3v) is 5.99. The van der Waals surface area contributed by atoms with Crippen LogP contribution in [0.25, 0.3) is 0 Å². The van der Waals surface area contributed by atoms with Crippen molar-refractivity contribution >= 4 is 15.7 Å². The lowest BCUT2D eigenvalue weighted by atomic mass is 9.99.